The number of carbonyl (C=O) groups is 1. The molecule has 1 amide bonds. The molecule has 120 valence electrons. The Balaban J connectivity index is 1.54. The Labute approximate surface area is 148 Å². The van der Waals surface area contributed by atoms with Crippen LogP contribution < -0.4 is 10.1 Å². The summed E-state index contributed by atoms with van der Waals surface area (Å²) in [7, 11) is 0. The summed E-state index contributed by atoms with van der Waals surface area (Å²) in [5.41, 5.74) is 2.77. The molecule has 0 bridgehead atoms. The second-order valence-corrected chi connectivity index (χ2v) is 6.96. The molecule has 0 fully saturated rings. The van der Waals surface area contributed by atoms with Crippen molar-refractivity contribution in [3.8, 4) is 16.2 Å². The van der Waals surface area contributed by atoms with Crippen LogP contribution in [0, 0.1) is 0 Å². The minimum Gasteiger partial charge on any atom is -0.480 e. The summed E-state index contributed by atoms with van der Waals surface area (Å²) in [6.07, 6.45) is -0.00189. The van der Waals surface area contributed by atoms with Gasteiger partial charge in [-0.25, -0.2) is 0 Å². The van der Waals surface area contributed by atoms with E-state index in [1.54, 1.807) is 17.4 Å². The van der Waals surface area contributed by atoms with Gasteiger partial charge in [0.05, 0.1) is 0 Å². The van der Waals surface area contributed by atoms with Crippen molar-refractivity contribution in [2.45, 2.75) is 12.5 Å². The first-order chi connectivity index (χ1) is 11.7. The number of benzene rings is 2. The summed E-state index contributed by atoms with van der Waals surface area (Å²) >= 11 is 7.65. The van der Waals surface area contributed by atoms with E-state index in [1.165, 1.54) is 0 Å². The fourth-order valence-electron chi connectivity index (χ4n) is 2.82. The molecule has 4 rings (SSSR count). The fraction of sp³-hybridized carbons (Fsp3) is 0.105. The molecule has 1 atom stereocenters. The lowest BCUT2D eigenvalue weighted by Gasteiger charge is -2.14. The summed E-state index contributed by atoms with van der Waals surface area (Å²) < 4.78 is 5.76. The molecule has 24 heavy (non-hydrogen) atoms. The molecule has 0 unspecified atom stereocenters. The van der Waals surface area contributed by atoms with Gasteiger partial charge in [-0.3, -0.25) is 4.79 Å². The third kappa shape index (κ3) is 2.90. The van der Waals surface area contributed by atoms with Crippen molar-refractivity contribution >= 4 is 34.5 Å². The quantitative estimate of drug-likeness (QED) is 0.717. The highest BCUT2D eigenvalue weighted by Crippen LogP contribution is 2.34. The van der Waals surface area contributed by atoms with Crippen LogP contribution in [0.3, 0.4) is 0 Å². The second-order valence-electron chi connectivity index (χ2n) is 5.57. The van der Waals surface area contributed by atoms with E-state index in [4.69, 9.17) is 16.3 Å². The lowest BCUT2D eigenvalue weighted by atomic mass is 10.1. The third-order valence-electron chi connectivity index (χ3n) is 3.96. The molecule has 0 spiro atoms. The minimum atomic E-state index is -0.533. The zero-order valence-corrected chi connectivity index (χ0v) is 14.2. The van der Waals surface area contributed by atoms with Gasteiger partial charge >= 0.3 is 0 Å². The van der Waals surface area contributed by atoms with Gasteiger partial charge in [-0.05, 0) is 41.3 Å². The number of carbonyl (C=O) groups excluding carboxylic acids is 1. The van der Waals surface area contributed by atoms with E-state index in [0.717, 1.165) is 27.4 Å². The predicted octanol–water partition coefficient (Wildman–Crippen LogP) is 5.01. The highest BCUT2D eigenvalue weighted by Gasteiger charge is 2.29. The fourth-order valence-corrected chi connectivity index (χ4v) is 3.78. The van der Waals surface area contributed by atoms with Crippen molar-refractivity contribution in [2.75, 3.05) is 5.32 Å². The highest BCUT2D eigenvalue weighted by atomic mass is 35.5. The maximum absolute atomic E-state index is 12.6. The summed E-state index contributed by atoms with van der Waals surface area (Å²) in [4.78, 5) is 13.7. The van der Waals surface area contributed by atoms with Crippen molar-refractivity contribution in [1.29, 1.82) is 0 Å². The number of hydrogen-bond donors (Lipinski definition) is 1. The van der Waals surface area contributed by atoms with Crippen molar-refractivity contribution in [2.24, 2.45) is 0 Å². The van der Waals surface area contributed by atoms with Crippen molar-refractivity contribution in [3.05, 3.63) is 70.6 Å². The Bertz CT molecular complexity index is 892. The maximum atomic E-state index is 12.6. The SMILES string of the molecule is O=C(Nc1ccccc1-c1cccs1)[C@@H]1Cc2cc(Cl)ccc2O1. The van der Waals surface area contributed by atoms with Crippen molar-refractivity contribution < 1.29 is 9.53 Å². The second kappa shape index (κ2) is 6.30. The van der Waals surface area contributed by atoms with Gasteiger partial charge in [0.25, 0.3) is 5.91 Å². The molecule has 1 N–H and O–H groups in total. The standard InChI is InChI=1S/C19H14ClNO2S/c20-13-7-8-16-12(10-13)11-17(23-16)19(22)21-15-5-2-1-4-14(15)18-6-3-9-24-18/h1-10,17H,11H2,(H,21,22)/t17-/m0/s1. The molecule has 2 aromatic carbocycles. The monoisotopic (exact) mass is 355 g/mol. The summed E-state index contributed by atoms with van der Waals surface area (Å²) in [6, 6.07) is 17.3. The van der Waals surface area contributed by atoms with Gasteiger partial charge in [0.1, 0.15) is 5.75 Å². The van der Waals surface area contributed by atoms with Crippen LogP contribution >= 0.6 is 22.9 Å². The topological polar surface area (TPSA) is 38.3 Å². The molecule has 5 heteroatoms. The Morgan fingerprint density at radius 1 is 1.17 bits per heavy atom. The largest absolute Gasteiger partial charge is 0.480 e. The molecular weight excluding hydrogens is 342 g/mol. The molecule has 0 radical (unpaired) electrons. The minimum absolute atomic E-state index is 0.147. The van der Waals surface area contributed by atoms with Gasteiger partial charge in [0.15, 0.2) is 6.10 Å². The average molecular weight is 356 g/mol. The van der Waals surface area contributed by atoms with E-state index < -0.39 is 6.10 Å². The van der Waals surface area contributed by atoms with Gasteiger partial charge in [-0.1, -0.05) is 35.9 Å². The number of anilines is 1. The molecule has 3 aromatic rings. The molecule has 0 saturated carbocycles. The lowest BCUT2D eigenvalue weighted by Crippen LogP contribution is -2.31. The van der Waals surface area contributed by atoms with E-state index in [-0.39, 0.29) is 5.91 Å². The number of thiophene rings is 1. The van der Waals surface area contributed by atoms with E-state index in [1.807, 2.05) is 53.9 Å². The normalized spacial score (nSPS) is 15.6. The number of halogens is 1. The Kier molecular flexibility index (Phi) is 4.00. The first-order valence-electron chi connectivity index (χ1n) is 7.59. The van der Waals surface area contributed by atoms with Gasteiger partial charge in [-0.15, -0.1) is 11.3 Å². The van der Waals surface area contributed by atoms with Gasteiger partial charge in [0.2, 0.25) is 0 Å². The molecule has 2 heterocycles. The van der Waals surface area contributed by atoms with Crippen LogP contribution in [-0.2, 0) is 11.2 Å². The predicted molar refractivity (Wildman–Crippen MR) is 98.0 cm³/mol. The first-order valence-corrected chi connectivity index (χ1v) is 8.85. The molecule has 0 saturated heterocycles. The number of hydrogen-bond acceptors (Lipinski definition) is 3. The van der Waals surface area contributed by atoms with Crippen LogP contribution in [0.5, 0.6) is 5.75 Å². The number of amides is 1. The van der Waals surface area contributed by atoms with Gasteiger partial charge in [-0.2, -0.15) is 0 Å². The number of ether oxygens (including phenoxy) is 1. The van der Waals surface area contributed by atoms with Gasteiger partial charge in [0, 0.05) is 27.6 Å². The van der Waals surface area contributed by atoms with Crippen LogP contribution in [0.25, 0.3) is 10.4 Å². The van der Waals surface area contributed by atoms with Crippen LogP contribution in [0.4, 0.5) is 5.69 Å². The first kappa shape index (κ1) is 15.2. The summed E-state index contributed by atoms with van der Waals surface area (Å²) in [5, 5.41) is 5.68. The Morgan fingerprint density at radius 3 is 2.88 bits per heavy atom. The zero-order chi connectivity index (χ0) is 16.5. The lowest BCUT2D eigenvalue weighted by molar-refractivity contribution is -0.122. The van der Waals surface area contributed by atoms with Crippen LogP contribution in [0.2, 0.25) is 5.02 Å². The molecule has 1 aliphatic heterocycles. The molecule has 3 nitrogen and oxygen atoms in total. The smallest absolute Gasteiger partial charge is 0.265 e. The highest BCUT2D eigenvalue weighted by molar-refractivity contribution is 7.13. The van der Waals surface area contributed by atoms with Crippen LogP contribution in [0.1, 0.15) is 5.56 Å². The van der Waals surface area contributed by atoms with E-state index in [2.05, 4.69) is 5.32 Å². The number of para-hydroxylation sites is 1. The van der Waals surface area contributed by atoms with Crippen LogP contribution in [-0.4, -0.2) is 12.0 Å². The Morgan fingerprint density at radius 2 is 2.04 bits per heavy atom. The van der Waals surface area contributed by atoms with Gasteiger partial charge < -0.3 is 10.1 Å². The number of fused-ring (bicyclic) bond motifs is 1. The van der Waals surface area contributed by atoms with E-state index in [9.17, 15) is 4.79 Å². The Hall–Kier alpha value is -2.30. The van der Waals surface area contributed by atoms with Crippen LogP contribution in [0.15, 0.2) is 60.0 Å². The van der Waals surface area contributed by atoms with Crippen molar-refractivity contribution in [1.82, 2.24) is 0 Å². The summed E-state index contributed by atoms with van der Waals surface area (Å²) in [6.45, 7) is 0. The summed E-state index contributed by atoms with van der Waals surface area (Å²) in [5.74, 6) is 0.581. The van der Waals surface area contributed by atoms with E-state index >= 15 is 0 Å². The van der Waals surface area contributed by atoms with Crippen molar-refractivity contribution in [3.63, 3.8) is 0 Å². The van der Waals surface area contributed by atoms with E-state index in [0.29, 0.717) is 11.4 Å². The molecule has 0 aliphatic carbocycles. The third-order valence-corrected chi connectivity index (χ3v) is 5.10. The zero-order valence-electron chi connectivity index (χ0n) is 12.7. The number of nitrogens with one attached hydrogen (secondary N) is 1. The molecule has 1 aliphatic rings. The molecule has 1 aromatic heterocycles. The average Bonchev–Trinajstić information content (AvgIpc) is 3.24. The molecular formula is C19H14ClNO2S. The maximum Gasteiger partial charge on any atom is 0.265 e. The number of rotatable bonds is 3.